The van der Waals surface area contributed by atoms with Gasteiger partial charge in [-0.2, -0.15) is 0 Å². The van der Waals surface area contributed by atoms with Gasteiger partial charge in [0.05, 0.1) is 31.9 Å². The molecular weight excluding hydrogens is 552 g/mol. The molecule has 3 aliphatic rings. The van der Waals surface area contributed by atoms with Crippen LogP contribution in [0.25, 0.3) is 0 Å². The van der Waals surface area contributed by atoms with E-state index in [9.17, 15) is 24.3 Å². The van der Waals surface area contributed by atoms with E-state index in [2.05, 4.69) is 22.0 Å². The molecule has 2 saturated heterocycles. The molecule has 11 heteroatoms. The molecule has 43 heavy (non-hydrogen) atoms. The third-order valence-corrected chi connectivity index (χ3v) is 8.64. The summed E-state index contributed by atoms with van der Waals surface area (Å²) in [6, 6.07) is 4.52. The number of rotatable bonds is 14. The number of ether oxygens (including phenoxy) is 2. The quantitative estimate of drug-likeness (QED) is 0.186. The highest BCUT2D eigenvalue weighted by Gasteiger charge is 2.50. The van der Waals surface area contributed by atoms with E-state index in [1.54, 1.807) is 40.0 Å². The van der Waals surface area contributed by atoms with Crippen LogP contribution in [-0.2, 0) is 30.3 Å². The summed E-state index contributed by atoms with van der Waals surface area (Å²) in [5.41, 5.74) is 0.292. The van der Waals surface area contributed by atoms with E-state index in [1.165, 1.54) is 0 Å². The molecule has 0 aromatic heterocycles. The number of benzene rings is 1. The van der Waals surface area contributed by atoms with Gasteiger partial charge >= 0.3 is 0 Å². The van der Waals surface area contributed by atoms with Crippen molar-refractivity contribution in [3.63, 3.8) is 0 Å². The second-order valence-electron chi connectivity index (χ2n) is 12.6. The van der Waals surface area contributed by atoms with Gasteiger partial charge in [0, 0.05) is 19.5 Å². The maximum absolute atomic E-state index is 13.7. The van der Waals surface area contributed by atoms with Gasteiger partial charge < -0.3 is 30.5 Å². The van der Waals surface area contributed by atoms with Crippen LogP contribution in [0.4, 0.5) is 0 Å². The number of nitrogens with one attached hydrogen (secondary N) is 3. The SMILES string of the molecule is COc1ccc(C[C@H](NC(=O)[C@H](C)NC(=O)CN2CCC(C)(O)CC2)C(=O)N[C@@H](CC2=CCCC2)C(=O)[C@]2(C)CO2)cc1. The van der Waals surface area contributed by atoms with Crippen LogP contribution in [0, 0.1) is 0 Å². The Morgan fingerprint density at radius 1 is 1.00 bits per heavy atom. The van der Waals surface area contributed by atoms with Crippen molar-refractivity contribution in [2.24, 2.45) is 0 Å². The number of amides is 3. The average Bonchev–Trinajstić information content (AvgIpc) is 3.51. The van der Waals surface area contributed by atoms with Crippen LogP contribution in [0.3, 0.4) is 0 Å². The first kappa shape index (κ1) is 32.6. The summed E-state index contributed by atoms with van der Waals surface area (Å²) in [5, 5.41) is 18.6. The van der Waals surface area contributed by atoms with Gasteiger partial charge in [-0.3, -0.25) is 24.1 Å². The number of allylic oxidation sites excluding steroid dienone is 1. The number of hydrogen-bond donors (Lipinski definition) is 4. The number of nitrogens with zero attached hydrogens (tertiary/aromatic N) is 1. The van der Waals surface area contributed by atoms with E-state index < -0.39 is 41.1 Å². The maximum Gasteiger partial charge on any atom is 0.243 e. The summed E-state index contributed by atoms with van der Waals surface area (Å²) in [4.78, 5) is 55.0. The first-order valence-corrected chi connectivity index (χ1v) is 15.2. The lowest BCUT2D eigenvalue weighted by atomic mass is 9.94. The van der Waals surface area contributed by atoms with Crippen LogP contribution >= 0.6 is 0 Å². The van der Waals surface area contributed by atoms with Gasteiger partial charge in [-0.05, 0) is 77.0 Å². The molecule has 0 bridgehead atoms. The van der Waals surface area contributed by atoms with Crippen LogP contribution < -0.4 is 20.7 Å². The van der Waals surface area contributed by atoms with Gasteiger partial charge in [0.15, 0.2) is 5.78 Å². The number of epoxide rings is 1. The number of hydrogen-bond acceptors (Lipinski definition) is 8. The molecule has 2 heterocycles. The lowest BCUT2D eigenvalue weighted by Gasteiger charge is -2.35. The third kappa shape index (κ3) is 9.35. The number of carbonyl (C=O) groups is 4. The second-order valence-corrected chi connectivity index (χ2v) is 12.6. The molecule has 4 rings (SSSR count). The number of piperidine rings is 1. The maximum atomic E-state index is 13.7. The Balaban J connectivity index is 1.42. The number of aliphatic hydroxyl groups is 1. The van der Waals surface area contributed by atoms with Gasteiger partial charge in [-0.25, -0.2) is 0 Å². The van der Waals surface area contributed by atoms with Crippen molar-refractivity contribution >= 4 is 23.5 Å². The van der Waals surface area contributed by atoms with Crippen molar-refractivity contribution in [2.75, 3.05) is 33.4 Å². The van der Waals surface area contributed by atoms with Gasteiger partial charge in [-0.15, -0.1) is 0 Å². The number of Topliss-reactive ketones (excluding diaryl/α,β-unsaturated/α-hetero) is 1. The molecule has 4 N–H and O–H groups in total. The summed E-state index contributed by atoms with van der Waals surface area (Å²) in [5.74, 6) is -0.820. The molecule has 3 amide bonds. The lowest BCUT2D eigenvalue weighted by molar-refractivity contribution is -0.134. The molecule has 11 nitrogen and oxygen atoms in total. The highest BCUT2D eigenvalue weighted by molar-refractivity contribution is 5.98. The van der Waals surface area contributed by atoms with E-state index in [-0.39, 0.29) is 24.7 Å². The minimum atomic E-state index is -0.995. The third-order valence-electron chi connectivity index (χ3n) is 8.64. The monoisotopic (exact) mass is 598 g/mol. The molecule has 236 valence electrons. The zero-order chi connectivity index (χ0) is 31.2. The number of likely N-dealkylation sites (tertiary alicyclic amines) is 1. The number of methoxy groups -OCH3 is 1. The van der Waals surface area contributed by atoms with Crippen LogP contribution in [0.1, 0.15) is 64.9 Å². The molecule has 4 atom stereocenters. The number of carbonyl (C=O) groups excluding carboxylic acids is 4. The van der Waals surface area contributed by atoms with Crippen LogP contribution in [0.2, 0.25) is 0 Å². The fourth-order valence-corrected chi connectivity index (χ4v) is 5.54. The zero-order valence-corrected chi connectivity index (χ0v) is 25.7. The Hall–Kier alpha value is -3.28. The summed E-state index contributed by atoms with van der Waals surface area (Å²) in [6.07, 6.45) is 6.72. The molecule has 2 aliphatic heterocycles. The molecule has 1 aromatic rings. The first-order valence-electron chi connectivity index (χ1n) is 15.2. The molecule has 0 radical (unpaired) electrons. The average molecular weight is 599 g/mol. The highest BCUT2D eigenvalue weighted by atomic mass is 16.6. The van der Waals surface area contributed by atoms with Gasteiger partial charge in [0.2, 0.25) is 17.7 Å². The van der Waals surface area contributed by atoms with Gasteiger partial charge in [0.1, 0.15) is 23.4 Å². The molecule has 1 aliphatic carbocycles. The fraction of sp³-hybridized carbons (Fsp3) is 0.625. The van der Waals surface area contributed by atoms with Crippen LogP contribution in [-0.4, -0.2) is 96.2 Å². The highest BCUT2D eigenvalue weighted by Crippen LogP contribution is 2.31. The van der Waals surface area contributed by atoms with E-state index in [1.807, 2.05) is 17.0 Å². The minimum Gasteiger partial charge on any atom is -0.497 e. The molecule has 2 fully saturated rings. The summed E-state index contributed by atoms with van der Waals surface area (Å²) in [6.45, 7) is 6.70. The second kappa shape index (κ2) is 14.0. The van der Waals surface area contributed by atoms with Gasteiger partial charge in [-0.1, -0.05) is 23.8 Å². The summed E-state index contributed by atoms with van der Waals surface area (Å²) < 4.78 is 10.6. The normalized spacial score (nSPS) is 23.3. The van der Waals surface area contributed by atoms with Crippen molar-refractivity contribution in [1.29, 1.82) is 0 Å². The van der Waals surface area contributed by atoms with Gasteiger partial charge in [0.25, 0.3) is 0 Å². The largest absolute Gasteiger partial charge is 0.497 e. The Morgan fingerprint density at radius 3 is 2.23 bits per heavy atom. The van der Waals surface area contributed by atoms with E-state index in [0.717, 1.165) is 30.4 Å². The van der Waals surface area contributed by atoms with E-state index in [4.69, 9.17) is 9.47 Å². The van der Waals surface area contributed by atoms with Crippen molar-refractivity contribution < 1.29 is 33.8 Å². The minimum absolute atomic E-state index is 0.115. The van der Waals surface area contributed by atoms with Crippen molar-refractivity contribution in [1.82, 2.24) is 20.9 Å². The van der Waals surface area contributed by atoms with Crippen molar-refractivity contribution in [3.8, 4) is 5.75 Å². The zero-order valence-electron chi connectivity index (χ0n) is 25.7. The fourth-order valence-electron chi connectivity index (χ4n) is 5.54. The summed E-state index contributed by atoms with van der Waals surface area (Å²) in [7, 11) is 1.57. The Morgan fingerprint density at radius 2 is 1.65 bits per heavy atom. The number of ketones is 1. The smallest absolute Gasteiger partial charge is 0.243 e. The van der Waals surface area contributed by atoms with E-state index >= 15 is 0 Å². The predicted octanol–water partition coefficient (Wildman–Crippen LogP) is 1.42. The predicted molar refractivity (Wildman–Crippen MR) is 160 cm³/mol. The molecular formula is C32H46N4O7. The molecule has 1 aromatic carbocycles. The molecule has 0 unspecified atom stereocenters. The van der Waals surface area contributed by atoms with Crippen molar-refractivity contribution in [3.05, 3.63) is 41.5 Å². The van der Waals surface area contributed by atoms with Crippen molar-refractivity contribution in [2.45, 2.75) is 95.0 Å². The van der Waals surface area contributed by atoms with E-state index in [0.29, 0.717) is 44.7 Å². The van der Waals surface area contributed by atoms with Crippen LogP contribution in [0.15, 0.2) is 35.9 Å². The standard InChI is InChI=1S/C32H46N4O7/c1-21(33-27(37)19-36-15-13-31(2,41)14-16-36)29(39)35-26(18-23-9-11-24(42-4)12-10-23)30(40)34-25(17-22-7-5-6-8-22)28(38)32(3)20-43-32/h7,9-12,21,25-26,41H,5-6,8,13-20H2,1-4H3,(H,33,37)(H,34,40)(H,35,39)/t21-,25-,26-,32-/m0/s1. The molecule has 0 spiro atoms. The Labute approximate surface area is 253 Å². The first-order chi connectivity index (χ1) is 20.4. The topological polar surface area (TPSA) is 150 Å². The Kier molecular flexibility index (Phi) is 10.6. The molecule has 0 saturated carbocycles. The summed E-state index contributed by atoms with van der Waals surface area (Å²) >= 11 is 0. The van der Waals surface area contributed by atoms with Crippen LogP contribution in [0.5, 0.6) is 5.75 Å². The Bertz CT molecular complexity index is 1200. The lowest BCUT2D eigenvalue weighted by Crippen LogP contribution is -2.57.